The van der Waals surface area contributed by atoms with E-state index in [1.165, 1.54) is 24.8 Å². The van der Waals surface area contributed by atoms with Crippen molar-refractivity contribution in [2.45, 2.75) is 32.7 Å². The number of ether oxygens (including phenoxy) is 1. The Morgan fingerprint density at radius 1 is 1.40 bits per heavy atom. The van der Waals surface area contributed by atoms with Gasteiger partial charge in [-0.3, -0.25) is 0 Å². The van der Waals surface area contributed by atoms with Crippen LogP contribution in [0.5, 0.6) is 0 Å². The fraction of sp³-hybridized carbons (Fsp3) is 0.688. The van der Waals surface area contributed by atoms with Gasteiger partial charge < -0.3 is 15.0 Å². The Hall–Kier alpha value is -1.13. The Labute approximate surface area is 122 Å². The zero-order chi connectivity index (χ0) is 14.2. The van der Waals surface area contributed by atoms with Gasteiger partial charge in [0.15, 0.2) is 0 Å². The topological polar surface area (TPSA) is 37.4 Å². The Morgan fingerprint density at radius 2 is 2.20 bits per heavy atom. The first kappa shape index (κ1) is 15.3. The molecule has 0 aromatic carbocycles. The predicted octanol–water partition coefficient (Wildman–Crippen LogP) is 2.44. The van der Waals surface area contributed by atoms with Gasteiger partial charge in [-0.2, -0.15) is 0 Å². The molecule has 0 spiro atoms. The number of aromatic nitrogens is 1. The van der Waals surface area contributed by atoms with E-state index in [2.05, 4.69) is 34.3 Å². The van der Waals surface area contributed by atoms with E-state index in [0.717, 1.165) is 38.6 Å². The summed E-state index contributed by atoms with van der Waals surface area (Å²) in [7, 11) is 1.79. The van der Waals surface area contributed by atoms with Crippen LogP contribution in [-0.2, 0) is 11.3 Å². The smallest absolute Gasteiger partial charge is 0.128 e. The van der Waals surface area contributed by atoms with Gasteiger partial charge in [0.2, 0.25) is 0 Å². The van der Waals surface area contributed by atoms with E-state index in [9.17, 15) is 0 Å². The van der Waals surface area contributed by atoms with Crippen molar-refractivity contribution in [3.05, 3.63) is 23.9 Å². The van der Waals surface area contributed by atoms with Crippen molar-refractivity contribution in [1.29, 1.82) is 0 Å². The maximum atomic E-state index is 5.25. The zero-order valence-electron chi connectivity index (χ0n) is 12.8. The molecule has 0 radical (unpaired) electrons. The number of hydrogen-bond acceptors (Lipinski definition) is 4. The third-order valence-electron chi connectivity index (χ3n) is 3.91. The molecule has 2 rings (SSSR count). The normalized spacial score (nSPS) is 16.6. The predicted molar refractivity (Wildman–Crippen MR) is 83.0 cm³/mol. The summed E-state index contributed by atoms with van der Waals surface area (Å²) in [6, 6.07) is 4.32. The monoisotopic (exact) mass is 277 g/mol. The highest BCUT2D eigenvalue weighted by molar-refractivity contribution is 5.41. The molecule has 0 amide bonds. The second kappa shape index (κ2) is 8.22. The highest BCUT2D eigenvalue weighted by atomic mass is 16.5. The van der Waals surface area contributed by atoms with Crippen molar-refractivity contribution < 1.29 is 4.74 Å². The van der Waals surface area contributed by atoms with E-state index in [-0.39, 0.29) is 0 Å². The maximum absolute atomic E-state index is 5.25. The minimum absolute atomic E-state index is 0.714. The average Bonchev–Trinajstić information content (AvgIpc) is 2.49. The van der Waals surface area contributed by atoms with Crippen molar-refractivity contribution in [1.82, 2.24) is 10.3 Å². The van der Waals surface area contributed by atoms with Gasteiger partial charge in [-0.05, 0) is 49.4 Å². The molecule has 1 fully saturated rings. The second-order valence-electron chi connectivity index (χ2n) is 5.58. The van der Waals surface area contributed by atoms with Crippen molar-refractivity contribution in [3.63, 3.8) is 0 Å². The molecule has 0 bridgehead atoms. The quantitative estimate of drug-likeness (QED) is 0.777. The molecule has 0 atom stereocenters. The standard InChI is InChI=1S/C16H27N3O/c1-3-7-17-12-15-4-8-18-16(11-15)19-9-5-14(6-10-19)13-20-2/h4,8,11,14,17H,3,5-7,9-10,12-13H2,1-2H3. The number of pyridine rings is 1. The lowest BCUT2D eigenvalue weighted by Gasteiger charge is -2.32. The summed E-state index contributed by atoms with van der Waals surface area (Å²) in [5.41, 5.74) is 1.32. The molecular weight excluding hydrogens is 250 g/mol. The molecule has 1 N–H and O–H groups in total. The van der Waals surface area contributed by atoms with Crippen LogP contribution in [-0.4, -0.2) is 38.3 Å². The Morgan fingerprint density at radius 3 is 2.90 bits per heavy atom. The maximum Gasteiger partial charge on any atom is 0.128 e. The zero-order valence-corrected chi connectivity index (χ0v) is 12.8. The molecule has 4 nitrogen and oxygen atoms in total. The molecule has 1 aliphatic heterocycles. The van der Waals surface area contributed by atoms with Crippen LogP contribution >= 0.6 is 0 Å². The fourth-order valence-electron chi connectivity index (χ4n) is 2.72. The third kappa shape index (κ3) is 4.46. The number of anilines is 1. The Balaban J connectivity index is 1.87. The third-order valence-corrected chi connectivity index (χ3v) is 3.91. The van der Waals surface area contributed by atoms with E-state index in [0.29, 0.717) is 5.92 Å². The summed E-state index contributed by atoms with van der Waals surface area (Å²) in [5, 5.41) is 3.44. The minimum Gasteiger partial charge on any atom is -0.384 e. The highest BCUT2D eigenvalue weighted by Gasteiger charge is 2.19. The molecule has 112 valence electrons. The van der Waals surface area contributed by atoms with Gasteiger partial charge in [-0.25, -0.2) is 4.98 Å². The van der Waals surface area contributed by atoms with Gasteiger partial charge in [0.25, 0.3) is 0 Å². The number of nitrogens with zero attached hydrogens (tertiary/aromatic N) is 2. The molecule has 0 saturated carbocycles. The van der Waals surface area contributed by atoms with Gasteiger partial charge in [-0.1, -0.05) is 6.92 Å². The van der Waals surface area contributed by atoms with Crippen molar-refractivity contribution in [2.75, 3.05) is 38.3 Å². The van der Waals surface area contributed by atoms with Crippen LogP contribution in [0, 0.1) is 5.92 Å². The minimum atomic E-state index is 0.714. The number of hydrogen-bond donors (Lipinski definition) is 1. The molecular formula is C16H27N3O. The second-order valence-corrected chi connectivity index (χ2v) is 5.58. The summed E-state index contributed by atoms with van der Waals surface area (Å²) in [6.45, 7) is 7.26. The molecule has 1 aliphatic rings. The molecule has 0 aliphatic carbocycles. The van der Waals surface area contributed by atoms with Crippen LogP contribution in [0.25, 0.3) is 0 Å². The molecule has 4 heteroatoms. The molecule has 0 unspecified atom stereocenters. The lowest BCUT2D eigenvalue weighted by atomic mass is 9.98. The summed E-state index contributed by atoms with van der Waals surface area (Å²) >= 11 is 0. The number of nitrogens with one attached hydrogen (secondary N) is 1. The van der Waals surface area contributed by atoms with Gasteiger partial charge >= 0.3 is 0 Å². The first-order chi connectivity index (χ1) is 9.83. The Bertz CT molecular complexity index is 389. The van der Waals surface area contributed by atoms with Crippen LogP contribution < -0.4 is 10.2 Å². The van der Waals surface area contributed by atoms with E-state index >= 15 is 0 Å². The van der Waals surface area contributed by atoms with Crippen molar-refractivity contribution >= 4 is 5.82 Å². The summed E-state index contributed by atoms with van der Waals surface area (Å²) in [5.74, 6) is 1.84. The molecule has 2 heterocycles. The average molecular weight is 277 g/mol. The largest absolute Gasteiger partial charge is 0.384 e. The summed E-state index contributed by atoms with van der Waals surface area (Å²) < 4.78 is 5.25. The van der Waals surface area contributed by atoms with Gasteiger partial charge in [0, 0.05) is 39.5 Å². The van der Waals surface area contributed by atoms with Crippen LogP contribution in [0.4, 0.5) is 5.82 Å². The number of methoxy groups -OCH3 is 1. The first-order valence-corrected chi connectivity index (χ1v) is 7.73. The Kier molecular flexibility index (Phi) is 6.27. The van der Waals surface area contributed by atoms with Gasteiger partial charge in [-0.15, -0.1) is 0 Å². The van der Waals surface area contributed by atoms with Crippen LogP contribution in [0.2, 0.25) is 0 Å². The highest BCUT2D eigenvalue weighted by Crippen LogP contribution is 2.22. The van der Waals surface area contributed by atoms with Crippen LogP contribution in [0.15, 0.2) is 18.3 Å². The van der Waals surface area contributed by atoms with E-state index in [1.54, 1.807) is 7.11 Å². The molecule has 1 aromatic rings. The van der Waals surface area contributed by atoms with Crippen molar-refractivity contribution in [3.8, 4) is 0 Å². The van der Waals surface area contributed by atoms with E-state index in [1.807, 2.05) is 6.20 Å². The SMILES string of the molecule is CCCNCc1ccnc(N2CCC(COC)CC2)c1. The van der Waals surface area contributed by atoms with Crippen molar-refractivity contribution in [2.24, 2.45) is 5.92 Å². The van der Waals surface area contributed by atoms with Gasteiger partial charge in [0.1, 0.15) is 5.82 Å². The summed E-state index contributed by atoms with van der Waals surface area (Å²) in [4.78, 5) is 6.93. The first-order valence-electron chi connectivity index (χ1n) is 7.73. The van der Waals surface area contributed by atoms with E-state index < -0.39 is 0 Å². The van der Waals surface area contributed by atoms with Crippen LogP contribution in [0.3, 0.4) is 0 Å². The molecule has 20 heavy (non-hydrogen) atoms. The lowest BCUT2D eigenvalue weighted by molar-refractivity contribution is 0.139. The fourth-order valence-corrected chi connectivity index (χ4v) is 2.72. The van der Waals surface area contributed by atoms with E-state index in [4.69, 9.17) is 4.74 Å². The number of rotatable bonds is 7. The number of piperidine rings is 1. The van der Waals surface area contributed by atoms with Gasteiger partial charge in [0.05, 0.1) is 0 Å². The summed E-state index contributed by atoms with van der Waals surface area (Å²) in [6.07, 6.45) is 5.51. The lowest BCUT2D eigenvalue weighted by Crippen LogP contribution is -2.35. The molecule has 1 aromatic heterocycles. The molecule has 1 saturated heterocycles. The van der Waals surface area contributed by atoms with Crippen LogP contribution in [0.1, 0.15) is 31.7 Å².